The monoisotopic (exact) mass is 409 g/mol. The third-order valence-electron chi connectivity index (χ3n) is 6.55. The molecule has 1 N–H and O–H groups in total. The van der Waals surface area contributed by atoms with Crippen LogP contribution >= 0.6 is 0 Å². The maximum Gasteiger partial charge on any atom is 0.340 e. The van der Waals surface area contributed by atoms with Crippen molar-refractivity contribution >= 4 is 33.8 Å². The van der Waals surface area contributed by atoms with Crippen molar-refractivity contribution in [2.75, 3.05) is 6.54 Å². The average Bonchev–Trinajstić information content (AvgIpc) is 3.34. The van der Waals surface area contributed by atoms with E-state index in [1.807, 2.05) is 13.0 Å². The molecule has 7 nitrogen and oxygen atoms in total. The number of carboxylic acids is 1. The van der Waals surface area contributed by atoms with Gasteiger partial charge in [-0.25, -0.2) is 9.59 Å². The number of aliphatic carboxylic acids is 1. The van der Waals surface area contributed by atoms with Crippen LogP contribution in [-0.2, 0) is 28.9 Å². The molecule has 1 aliphatic carbocycles. The second kappa shape index (κ2) is 7.00. The highest BCUT2D eigenvalue weighted by atomic mass is 16.4. The summed E-state index contributed by atoms with van der Waals surface area (Å²) in [5.41, 5.74) is 2.82. The van der Waals surface area contributed by atoms with Crippen LogP contribution in [0.5, 0.6) is 0 Å². The number of likely N-dealkylation sites (tertiary alicyclic amines) is 1. The van der Waals surface area contributed by atoms with Gasteiger partial charge in [-0.2, -0.15) is 0 Å². The van der Waals surface area contributed by atoms with Gasteiger partial charge in [-0.1, -0.05) is 0 Å². The number of benzene rings is 1. The molecule has 1 amide bonds. The van der Waals surface area contributed by atoms with Gasteiger partial charge in [-0.3, -0.25) is 4.79 Å². The zero-order valence-corrected chi connectivity index (χ0v) is 16.8. The molecule has 1 saturated heterocycles. The lowest BCUT2D eigenvalue weighted by Gasteiger charge is -2.21. The van der Waals surface area contributed by atoms with E-state index < -0.39 is 17.6 Å². The first-order valence-electron chi connectivity index (χ1n) is 10.5. The Bertz CT molecular complexity index is 1250. The summed E-state index contributed by atoms with van der Waals surface area (Å²) in [5, 5.41) is 11.2. The van der Waals surface area contributed by atoms with E-state index in [9.17, 15) is 19.5 Å². The normalized spacial score (nSPS) is 18.8. The molecule has 2 aliphatic rings. The molecule has 3 heterocycles. The third-order valence-corrected chi connectivity index (χ3v) is 6.55. The van der Waals surface area contributed by atoms with Crippen molar-refractivity contribution in [3.8, 4) is 0 Å². The highest BCUT2D eigenvalue weighted by Gasteiger charge is 2.34. The molecule has 2 aromatic heterocycles. The summed E-state index contributed by atoms with van der Waals surface area (Å²) >= 11 is 0. The van der Waals surface area contributed by atoms with Crippen LogP contribution in [0.2, 0.25) is 0 Å². The summed E-state index contributed by atoms with van der Waals surface area (Å²) in [6, 6.07) is 2.95. The summed E-state index contributed by atoms with van der Waals surface area (Å²) in [7, 11) is 0. The molecule has 7 heteroatoms. The fraction of sp³-hybridized carbons (Fsp3) is 0.435. The van der Waals surface area contributed by atoms with Crippen LogP contribution in [-0.4, -0.2) is 34.5 Å². The number of carboxylic acid groups (broad SMARTS) is 1. The minimum Gasteiger partial charge on any atom is -0.480 e. The zero-order chi connectivity index (χ0) is 21.0. The number of amides is 1. The van der Waals surface area contributed by atoms with Gasteiger partial charge in [0.15, 0.2) is 0 Å². The van der Waals surface area contributed by atoms with E-state index in [-0.39, 0.29) is 12.3 Å². The molecular weight excluding hydrogens is 386 g/mol. The van der Waals surface area contributed by atoms with E-state index >= 15 is 0 Å². The van der Waals surface area contributed by atoms with Gasteiger partial charge >= 0.3 is 11.6 Å². The van der Waals surface area contributed by atoms with E-state index in [0.717, 1.165) is 47.8 Å². The molecule has 0 spiro atoms. The lowest BCUT2D eigenvalue weighted by Crippen LogP contribution is -2.41. The number of carbonyl (C=O) groups excluding carboxylic acids is 1. The molecule has 30 heavy (non-hydrogen) atoms. The molecular formula is C23H23NO6. The molecule has 0 bridgehead atoms. The molecule has 0 saturated carbocycles. The first-order valence-corrected chi connectivity index (χ1v) is 10.5. The van der Waals surface area contributed by atoms with Crippen LogP contribution < -0.4 is 5.63 Å². The Morgan fingerprint density at radius 1 is 1.10 bits per heavy atom. The van der Waals surface area contributed by atoms with Crippen molar-refractivity contribution in [2.45, 2.75) is 57.9 Å². The predicted molar refractivity (Wildman–Crippen MR) is 110 cm³/mol. The minimum atomic E-state index is -1.00. The van der Waals surface area contributed by atoms with E-state index in [0.29, 0.717) is 36.1 Å². The fourth-order valence-corrected chi connectivity index (χ4v) is 4.92. The Hall–Kier alpha value is -3.09. The van der Waals surface area contributed by atoms with Gasteiger partial charge < -0.3 is 18.8 Å². The Balaban J connectivity index is 1.57. The SMILES string of the molecule is Cc1c(CC(=O)N2CCC[C@H]2C(=O)O)c(=O)oc2cc3oc4c(c3cc12)CCCC4. The van der Waals surface area contributed by atoms with Crippen molar-refractivity contribution in [3.63, 3.8) is 0 Å². The Kier molecular flexibility index (Phi) is 4.41. The van der Waals surface area contributed by atoms with Crippen LogP contribution in [0, 0.1) is 6.92 Å². The molecule has 0 radical (unpaired) electrons. The second-order valence-corrected chi connectivity index (χ2v) is 8.31. The smallest absolute Gasteiger partial charge is 0.340 e. The molecule has 156 valence electrons. The summed E-state index contributed by atoms with van der Waals surface area (Å²) in [6.07, 6.45) is 5.07. The number of hydrogen-bond acceptors (Lipinski definition) is 5. The summed E-state index contributed by atoms with van der Waals surface area (Å²) in [5.74, 6) is -0.345. The van der Waals surface area contributed by atoms with E-state index in [1.165, 1.54) is 10.5 Å². The van der Waals surface area contributed by atoms with Crippen molar-refractivity contribution in [2.24, 2.45) is 0 Å². The maximum absolute atomic E-state index is 12.8. The quantitative estimate of drug-likeness (QED) is 0.666. The van der Waals surface area contributed by atoms with E-state index in [4.69, 9.17) is 8.83 Å². The van der Waals surface area contributed by atoms with Crippen LogP contribution in [0.4, 0.5) is 0 Å². The van der Waals surface area contributed by atoms with Gasteiger partial charge in [0, 0.05) is 35.4 Å². The lowest BCUT2D eigenvalue weighted by atomic mass is 9.94. The van der Waals surface area contributed by atoms with Crippen molar-refractivity contribution in [1.29, 1.82) is 0 Å². The number of carbonyl (C=O) groups is 2. The van der Waals surface area contributed by atoms with Gasteiger partial charge in [-0.15, -0.1) is 0 Å². The number of furan rings is 1. The zero-order valence-electron chi connectivity index (χ0n) is 16.8. The Morgan fingerprint density at radius 2 is 1.87 bits per heavy atom. The molecule has 5 rings (SSSR count). The molecule has 1 aliphatic heterocycles. The highest BCUT2D eigenvalue weighted by molar-refractivity contribution is 5.97. The van der Waals surface area contributed by atoms with Crippen molar-refractivity contribution < 1.29 is 23.5 Å². The van der Waals surface area contributed by atoms with Crippen LogP contribution in [0.1, 0.15) is 48.1 Å². The topological polar surface area (TPSA) is 101 Å². The van der Waals surface area contributed by atoms with Crippen molar-refractivity contribution in [3.05, 3.63) is 45.0 Å². The summed E-state index contributed by atoms with van der Waals surface area (Å²) < 4.78 is 11.5. The Labute approximate surface area is 172 Å². The van der Waals surface area contributed by atoms with Crippen LogP contribution in [0.15, 0.2) is 25.8 Å². The van der Waals surface area contributed by atoms with Gasteiger partial charge in [0.05, 0.1) is 12.0 Å². The third kappa shape index (κ3) is 2.91. The van der Waals surface area contributed by atoms with E-state index in [1.54, 1.807) is 6.07 Å². The van der Waals surface area contributed by atoms with Gasteiger partial charge in [0.1, 0.15) is 23.0 Å². The molecule has 3 aromatic rings. The summed E-state index contributed by atoms with van der Waals surface area (Å²) in [6.45, 7) is 2.22. The van der Waals surface area contributed by atoms with Gasteiger partial charge in [-0.05, 0) is 50.7 Å². The molecule has 0 unspecified atom stereocenters. The average molecular weight is 409 g/mol. The summed E-state index contributed by atoms with van der Waals surface area (Å²) in [4.78, 5) is 38.2. The lowest BCUT2D eigenvalue weighted by molar-refractivity contribution is -0.148. The van der Waals surface area contributed by atoms with Crippen LogP contribution in [0.3, 0.4) is 0 Å². The van der Waals surface area contributed by atoms with E-state index in [2.05, 4.69) is 0 Å². The Morgan fingerprint density at radius 3 is 2.67 bits per heavy atom. The number of rotatable bonds is 3. The number of nitrogens with zero attached hydrogens (tertiary/aromatic N) is 1. The largest absolute Gasteiger partial charge is 0.480 e. The van der Waals surface area contributed by atoms with Gasteiger partial charge in [0.2, 0.25) is 5.91 Å². The number of fused-ring (bicyclic) bond motifs is 4. The molecule has 1 fully saturated rings. The predicted octanol–water partition coefficient (Wildman–Crippen LogP) is 3.34. The first kappa shape index (κ1) is 18.9. The number of hydrogen-bond donors (Lipinski definition) is 1. The minimum absolute atomic E-state index is 0.157. The molecule has 1 atom stereocenters. The number of aryl methyl sites for hydroxylation is 3. The highest BCUT2D eigenvalue weighted by Crippen LogP contribution is 2.35. The second-order valence-electron chi connectivity index (χ2n) is 8.31. The molecule has 1 aromatic carbocycles. The first-order chi connectivity index (χ1) is 14.4. The van der Waals surface area contributed by atoms with Crippen molar-refractivity contribution in [1.82, 2.24) is 4.90 Å². The standard InChI is InChI=1S/C23H23NO6/c1-12-14-9-16-13-5-2-3-7-18(13)29-20(16)11-19(14)30-23(28)15(12)10-21(25)24-8-4-6-17(24)22(26)27/h9,11,17H,2-8,10H2,1H3,(H,26,27)/t17-/m0/s1. The van der Waals surface area contributed by atoms with Gasteiger partial charge in [0.25, 0.3) is 0 Å². The fourth-order valence-electron chi connectivity index (χ4n) is 4.92. The maximum atomic E-state index is 12.8. The van der Waals surface area contributed by atoms with Crippen LogP contribution in [0.25, 0.3) is 21.9 Å².